The summed E-state index contributed by atoms with van der Waals surface area (Å²) in [6.45, 7) is 1.09. The largest absolute Gasteiger partial charge is 0.480 e. The van der Waals surface area contributed by atoms with Crippen molar-refractivity contribution >= 4 is 39.5 Å². The number of aliphatic carboxylic acids is 1. The molecule has 0 saturated heterocycles. The van der Waals surface area contributed by atoms with Crippen LogP contribution in [-0.4, -0.2) is 56.4 Å². The lowest BCUT2D eigenvalue weighted by molar-refractivity contribution is -0.141. The molecule has 0 radical (unpaired) electrons. The molecule has 0 aliphatic carbocycles. The highest BCUT2D eigenvalue weighted by Gasteiger charge is 2.22. The SMILES string of the molecule is Cc1ccc(S(=O)(=O)NCCC(NC(=O)CNC(=O)c2cccc(NC(=N)N)c2)C(=O)O)cc1. The first-order valence-corrected chi connectivity index (χ1v) is 11.5. The molecule has 0 bridgehead atoms. The lowest BCUT2D eigenvalue weighted by atomic mass is 10.2. The van der Waals surface area contributed by atoms with E-state index < -0.39 is 40.4 Å². The molecule has 12 nitrogen and oxygen atoms in total. The molecule has 0 spiro atoms. The molecule has 8 N–H and O–H groups in total. The van der Waals surface area contributed by atoms with E-state index in [-0.39, 0.29) is 29.4 Å². The van der Waals surface area contributed by atoms with E-state index in [1.54, 1.807) is 24.3 Å². The Balaban J connectivity index is 1.86. The highest BCUT2D eigenvalue weighted by molar-refractivity contribution is 7.89. The predicted molar refractivity (Wildman–Crippen MR) is 125 cm³/mol. The summed E-state index contributed by atoms with van der Waals surface area (Å²) in [4.78, 5) is 35.9. The first-order chi connectivity index (χ1) is 16.0. The molecule has 0 fully saturated rings. The monoisotopic (exact) mass is 490 g/mol. The molecule has 1 unspecified atom stereocenters. The molecule has 0 aliphatic rings. The lowest BCUT2D eigenvalue weighted by Gasteiger charge is -2.15. The van der Waals surface area contributed by atoms with Crippen molar-refractivity contribution in [3.63, 3.8) is 0 Å². The molecule has 1 atom stereocenters. The quantitative estimate of drug-likeness (QED) is 0.168. The Morgan fingerprint density at radius 3 is 2.41 bits per heavy atom. The number of amides is 2. The summed E-state index contributed by atoms with van der Waals surface area (Å²) in [5.41, 5.74) is 6.74. The van der Waals surface area contributed by atoms with Gasteiger partial charge in [0.2, 0.25) is 15.9 Å². The number of sulfonamides is 1. The summed E-state index contributed by atoms with van der Waals surface area (Å²) >= 11 is 0. The third-order valence-electron chi connectivity index (χ3n) is 4.50. The van der Waals surface area contributed by atoms with Crippen molar-refractivity contribution in [3.05, 3.63) is 59.7 Å². The molecule has 2 aromatic rings. The number of carbonyl (C=O) groups excluding carboxylic acids is 2. The second-order valence-electron chi connectivity index (χ2n) is 7.26. The number of aryl methyl sites for hydroxylation is 1. The van der Waals surface area contributed by atoms with Crippen molar-refractivity contribution in [3.8, 4) is 0 Å². The fraction of sp³-hybridized carbons (Fsp3) is 0.238. The Kier molecular flexibility index (Phi) is 9.10. The number of carboxylic acid groups (broad SMARTS) is 1. The maximum absolute atomic E-state index is 12.3. The van der Waals surface area contributed by atoms with Gasteiger partial charge in [-0.25, -0.2) is 17.9 Å². The molecule has 0 heterocycles. The summed E-state index contributed by atoms with van der Waals surface area (Å²) in [5.74, 6) is -3.02. The van der Waals surface area contributed by atoms with Crippen LogP contribution in [0.3, 0.4) is 0 Å². The van der Waals surface area contributed by atoms with Gasteiger partial charge in [-0.05, 0) is 43.7 Å². The number of anilines is 1. The van der Waals surface area contributed by atoms with E-state index in [0.717, 1.165) is 5.56 Å². The number of carbonyl (C=O) groups is 3. The van der Waals surface area contributed by atoms with E-state index in [4.69, 9.17) is 11.1 Å². The van der Waals surface area contributed by atoms with Crippen LogP contribution in [0.4, 0.5) is 5.69 Å². The summed E-state index contributed by atoms with van der Waals surface area (Å²) < 4.78 is 26.9. The smallest absolute Gasteiger partial charge is 0.326 e. The van der Waals surface area contributed by atoms with Gasteiger partial charge in [-0.2, -0.15) is 0 Å². The van der Waals surface area contributed by atoms with Crippen molar-refractivity contribution in [1.82, 2.24) is 15.4 Å². The van der Waals surface area contributed by atoms with Crippen molar-refractivity contribution < 1.29 is 27.9 Å². The molecular formula is C21H26N6O6S. The van der Waals surface area contributed by atoms with Gasteiger partial charge < -0.3 is 26.8 Å². The Labute approximate surface area is 196 Å². The minimum Gasteiger partial charge on any atom is -0.480 e. The van der Waals surface area contributed by atoms with Gasteiger partial charge in [-0.15, -0.1) is 0 Å². The summed E-state index contributed by atoms with van der Waals surface area (Å²) in [7, 11) is -3.83. The highest BCUT2D eigenvalue weighted by Crippen LogP contribution is 2.11. The minimum absolute atomic E-state index is 0.0410. The van der Waals surface area contributed by atoms with E-state index in [0.29, 0.717) is 5.69 Å². The van der Waals surface area contributed by atoms with Crippen LogP contribution in [-0.2, 0) is 19.6 Å². The minimum atomic E-state index is -3.83. The average Bonchev–Trinajstić information content (AvgIpc) is 2.76. The zero-order valence-electron chi connectivity index (χ0n) is 18.3. The second-order valence-corrected chi connectivity index (χ2v) is 9.03. The number of guanidine groups is 1. The average molecular weight is 491 g/mol. The van der Waals surface area contributed by atoms with Crippen LogP contribution < -0.4 is 26.4 Å². The number of benzene rings is 2. The van der Waals surface area contributed by atoms with Crippen LogP contribution in [0.25, 0.3) is 0 Å². The van der Waals surface area contributed by atoms with Gasteiger partial charge in [-0.1, -0.05) is 23.8 Å². The standard InChI is InChI=1S/C21H26N6O6S/c1-13-5-7-16(8-6-13)34(32,33)25-10-9-17(20(30)31)27-18(28)12-24-19(29)14-3-2-4-15(11-14)26-21(22)23/h2-8,11,17,25H,9-10,12H2,1H3,(H,24,29)(H,27,28)(H,30,31)(H4,22,23,26). The highest BCUT2D eigenvalue weighted by atomic mass is 32.2. The summed E-state index contributed by atoms with van der Waals surface area (Å²) in [6.07, 6.45) is -0.209. The van der Waals surface area contributed by atoms with Crippen LogP contribution in [0.2, 0.25) is 0 Å². The van der Waals surface area contributed by atoms with Gasteiger partial charge >= 0.3 is 5.97 Å². The topological polar surface area (TPSA) is 204 Å². The van der Waals surface area contributed by atoms with Gasteiger partial charge in [0.05, 0.1) is 11.4 Å². The third kappa shape index (κ3) is 8.18. The summed E-state index contributed by atoms with van der Waals surface area (Å²) in [6, 6.07) is 10.8. The van der Waals surface area contributed by atoms with Crippen molar-refractivity contribution in [2.24, 2.45) is 5.73 Å². The normalized spacial score (nSPS) is 11.8. The summed E-state index contributed by atoms with van der Waals surface area (Å²) in [5, 5.41) is 23.7. The molecule has 182 valence electrons. The first kappa shape index (κ1) is 26.3. The Hall–Kier alpha value is -3.97. The van der Waals surface area contributed by atoms with Gasteiger partial charge in [0.15, 0.2) is 5.96 Å². The zero-order chi connectivity index (χ0) is 25.3. The first-order valence-electron chi connectivity index (χ1n) is 10.1. The fourth-order valence-electron chi connectivity index (χ4n) is 2.80. The van der Waals surface area contributed by atoms with E-state index >= 15 is 0 Å². The van der Waals surface area contributed by atoms with E-state index in [9.17, 15) is 27.9 Å². The third-order valence-corrected chi connectivity index (χ3v) is 5.98. The van der Waals surface area contributed by atoms with Crippen LogP contribution in [0.5, 0.6) is 0 Å². The van der Waals surface area contributed by atoms with Gasteiger partial charge in [0.1, 0.15) is 6.04 Å². The van der Waals surface area contributed by atoms with E-state index in [2.05, 4.69) is 20.7 Å². The number of hydrogen-bond acceptors (Lipinski definition) is 6. The van der Waals surface area contributed by atoms with Crippen molar-refractivity contribution in [2.45, 2.75) is 24.3 Å². The van der Waals surface area contributed by atoms with Crippen LogP contribution in [0, 0.1) is 12.3 Å². The fourth-order valence-corrected chi connectivity index (χ4v) is 3.85. The molecular weight excluding hydrogens is 464 g/mol. The zero-order valence-corrected chi connectivity index (χ0v) is 19.1. The molecule has 13 heteroatoms. The molecule has 0 aromatic heterocycles. The molecule has 0 saturated carbocycles. The number of nitrogens with two attached hydrogens (primary N) is 1. The van der Waals surface area contributed by atoms with Crippen LogP contribution >= 0.6 is 0 Å². The molecule has 2 amide bonds. The predicted octanol–water partition coefficient (Wildman–Crippen LogP) is -0.0318. The van der Waals surface area contributed by atoms with Gasteiger partial charge in [0, 0.05) is 17.8 Å². The Morgan fingerprint density at radius 1 is 1.12 bits per heavy atom. The Morgan fingerprint density at radius 2 is 1.79 bits per heavy atom. The maximum atomic E-state index is 12.3. The Bertz CT molecular complexity index is 1170. The molecule has 34 heavy (non-hydrogen) atoms. The number of hydrogen-bond donors (Lipinski definition) is 7. The number of nitrogens with one attached hydrogen (secondary N) is 5. The van der Waals surface area contributed by atoms with Crippen molar-refractivity contribution in [1.29, 1.82) is 5.41 Å². The molecule has 2 rings (SSSR count). The lowest BCUT2D eigenvalue weighted by Crippen LogP contribution is -2.46. The maximum Gasteiger partial charge on any atom is 0.326 e. The van der Waals surface area contributed by atoms with Crippen LogP contribution in [0.1, 0.15) is 22.3 Å². The number of rotatable bonds is 11. The van der Waals surface area contributed by atoms with E-state index in [1.165, 1.54) is 24.3 Å². The molecule has 2 aromatic carbocycles. The van der Waals surface area contributed by atoms with E-state index in [1.807, 2.05) is 6.92 Å². The van der Waals surface area contributed by atoms with Gasteiger partial charge in [0.25, 0.3) is 5.91 Å². The number of carboxylic acids is 1. The van der Waals surface area contributed by atoms with Crippen LogP contribution in [0.15, 0.2) is 53.4 Å². The molecule has 0 aliphatic heterocycles. The van der Waals surface area contributed by atoms with Gasteiger partial charge in [-0.3, -0.25) is 15.0 Å². The van der Waals surface area contributed by atoms with Crippen molar-refractivity contribution in [2.75, 3.05) is 18.4 Å². The second kappa shape index (κ2) is 11.8.